The largest absolute Gasteiger partial charge is 0.481 e. The summed E-state index contributed by atoms with van der Waals surface area (Å²) < 4.78 is 13.9. The second-order valence-corrected chi connectivity index (χ2v) is 9.35. The van der Waals surface area contributed by atoms with Crippen molar-refractivity contribution in [1.29, 1.82) is 0 Å². The zero-order chi connectivity index (χ0) is 27.4. The summed E-state index contributed by atoms with van der Waals surface area (Å²) in [5.41, 5.74) is 4.64. The second-order valence-electron chi connectivity index (χ2n) is 9.35. The van der Waals surface area contributed by atoms with E-state index in [2.05, 4.69) is 10.6 Å². The molecule has 0 aromatic heterocycles. The molecule has 8 nitrogen and oxygen atoms in total. The van der Waals surface area contributed by atoms with E-state index in [0.29, 0.717) is 45.9 Å². The Labute approximate surface area is 220 Å². The Morgan fingerprint density at radius 1 is 1.00 bits per heavy atom. The molecule has 0 radical (unpaired) electrons. The number of carbonyl (C=O) groups excluding carboxylic acids is 2. The number of aliphatic carboxylic acids is 1. The number of nitrogens with one attached hydrogen (secondary N) is 2. The van der Waals surface area contributed by atoms with E-state index in [1.54, 1.807) is 35.0 Å². The van der Waals surface area contributed by atoms with Crippen LogP contribution < -0.4 is 15.5 Å². The lowest BCUT2D eigenvalue weighted by Gasteiger charge is -2.20. The van der Waals surface area contributed by atoms with Crippen LogP contribution in [0.4, 0.5) is 21.5 Å². The van der Waals surface area contributed by atoms with E-state index in [0.717, 1.165) is 5.56 Å². The fraction of sp³-hybridized carbons (Fsp3) is 0.207. The van der Waals surface area contributed by atoms with Gasteiger partial charge in [0.05, 0.1) is 23.5 Å². The summed E-state index contributed by atoms with van der Waals surface area (Å²) in [6.45, 7) is 0.278. The number of halogens is 1. The van der Waals surface area contributed by atoms with Gasteiger partial charge < -0.3 is 25.5 Å². The molecule has 0 saturated carbocycles. The third kappa shape index (κ3) is 6.07. The summed E-state index contributed by atoms with van der Waals surface area (Å²) in [5, 5.41) is 15.2. The van der Waals surface area contributed by atoms with Gasteiger partial charge in [0.1, 0.15) is 5.82 Å². The van der Waals surface area contributed by atoms with Gasteiger partial charge in [0.2, 0.25) is 5.91 Å². The van der Waals surface area contributed by atoms with Crippen molar-refractivity contribution < 1.29 is 23.9 Å². The molecular formula is C29H29FN4O4. The van der Waals surface area contributed by atoms with E-state index < -0.39 is 11.8 Å². The Balaban J connectivity index is 1.73. The summed E-state index contributed by atoms with van der Waals surface area (Å²) in [7, 11) is 5.37. The number of nitrogens with zero attached hydrogens (tertiary/aromatic N) is 2. The topological polar surface area (TPSA) is 102 Å². The van der Waals surface area contributed by atoms with Gasteiger partial charge in [-0.3, -0.25) is 14.4 Å². The van der Waals surface area contributed by atoms with Crippen LogP contribution in [0.15, 0.2) is 66.7 Å². The minimum Gasteiger partial charge on any atom is -0.481 e. The van der Waals surface area contributed by atoms with E-state index >= 15 is 0 Å². The molecule has 3 aromatic rings. The summed E-state index contributed by atoms with van der Waals surface area (Å²) in [5.74, 6) is -1.79. The molecule has 196 valence electrons. The van der Waals surface area contributed by atoms with Crippen LogP contribution in [0.25, 0.3) is 11.3 Å². The maximum atomic E-state index is 13.9. The van der Waals surface area contributed by atoms with Crippen molar-refractivity contribution in [2.75, 3.05) is 43.2 Å². The third-order valence-electron chi connectivity index (χ3n) is 6.17. The van der Waals surface area contributed by atoms with Crippen LogP contribution in [0.2, 0.25) is 0 Å². The lowest BCUT2D eigenvalue weighted by atomic mass is 9.97. The number of anilines is 3. The van der Waals surface area contributed by atoms with Crippen molar-refractivity contribution in [3.8, 4) is 0 Å². The molecule has 0 unspecified atom stereocenters. The molecule has 0 atom stereocenters. The highest BCUT2D eigenvalue weighted by Gasteiger charge is 2.29. The van der Waals surface area contributed by atoms with Crippen molar-refractivity contribution in [2.24, 2.45) is 0 Å². The van der Waals surface area contributed by atoms with Crippen LogP contribution in [0.5, 0.6) is 0 Å². The summed E-state index contributed by atoms with van der Waals surface area (Å²) in [6, 6.07) is 18.7. The van der Waals surface area contributed by atoms with E-state index in [4.69, 9.17) is 5.11 Å². The van der Waals surface area contributed by atoms with Gasteiger partial charge in [-0.1, -0.05) is 18.2 Å². The molecule has 3 N–H and O–H groups in total. The monoisotopic (exact) mass is 516 g/mol. The first-order valence-corrected chi connectivity index (χ1v) is 12.1. The molecule has 3 aromatic carbocycles. The van der Waals surface area contributed by atoms with Crippen molar-refractivity contribution in [1.82, 2.24) is 4.90 Å². The van der Waals surface area contributed by atoms with Gasteiger partial charge >= 0.3 is 5.97 Å². The number of likely N-dealkylation sites (N-methyl/N-ethyl adjacent to an activating group) is 2. The zero-order valence-electron chi connectivity index (χ0n) is 21.4. The molecule has 38 heavy (non-hydrogen) atoms. The number of carboxylic acid groups (broad SMARTS) is 1. The van der Waals surface area contributed by atoms with Gasteiger partial charge in [-0.05, 0) is 80.2 Å². The van der Waals surface area contributed by atoms with Gasteiger partial charge in [-0.25, -0.2) is 4.39 Å². The zero-order valence-corrected chi connectivity index (χ0v) is 21.4. The highest BCUT2D eigenvalue weighted by atomic mass is 19.1. The van der Waals surface area contributed by atoms with Gasteiger partial charge in [0.25, 0.3) is 5.91 Å². The molecule has 0 bridgehead atoms. The molecule has 0 saturated heterocycles. The number of carbonyl (C=O) groups is 3. The molecule has 4 rings (SSSR count). The van der Waals surface area contributed by atoms with Crippen LogP contribution in [0.3, 0.4) is 0 Å². The summed E-state index contributed by atoms with van der Waals surface area (Å²) in [4.78, 5) is 40.0. The van der Waals surface area contributed by atoms with Gasteiger partial charge in [-0.2, -0.15) is 0 Å². The molecule has 2 amide bonds. The van der Waals surface area contributed by atoms with Crippen LogP contribution in [0.1, 0.15) is 23.1 Å². The van der Waals surface area contributed by atoms with Gasteiger partial charge in [0.15, 0.2) is 0 Å². The lowest BCUT2D eigenvalue weighted by Crippen LogP contribution is -2.34. The fourth-order valence-corrected chi connectivity index (χ4v) is 4.24. The average Bonchev–Trinajstić information content (AvgIpc) is 3.20. The molecular weight excluding hydrogens is 487 g/mol. The first-order valence-electron chi connectivity index (χ1n) is 12.1. The highest BCUT2D eigenvalue weighted by molar-refractivity contribution is 6.37. The molecule has 1 aliphatic heterocycles. The maximum absolute atomic E-state index is 13.9. The highest BCUT2D eigenvalue weighted by Crippen LogP contribution is 2.38. The number of hydrogen-bond donors (Lipinski definition) is 3. The van der Waals surface area contributed by atoms with Crippen LogP contribution in [-0.4, -0.2) is 55.5 Å². The van der Waals surface area contributed by atoms with Gasteiger partial charge in [-0.15, -0.1) is 0 Å². The number of fused-ring (bicyclic) bond motifs is 1. The number of amides is 2. The SMILES string of the molecule is CN(C)CC(=O)N(C)c1ccc(N/C(=C2\C(=O)Nc3cc(F)ccc32)c2cccc(CCC(=O)O)c2)cc1. The Morgan fingerprint density at radius 2 is 1.74 bits per heavy atom. The van der Waals surface area contributed by atoms with Crippen LogP contribution >= 0.6 is 0 Å². The predicted octanol–water partition coefficient (Wildman–Crippen LogP) is 4.30. The van der Waals surface area contributed by atoms with Crippen LogP contribution in [0, 0.1) is 5.82 Å². The number of benzene rings is 3. The van der Waals surface area contributed by atoms with E-state index in [1.807, 2.05) is 50.5 Å². The number of rotatable bonds is 9. The first-order chi connectivity index (χ1) is 18.1. The van der Waals surface area contributed by atoms with Crippen molar-refractivity contribution in [2.45, 2.75) is 12.8 Å². The fourth-order valence-electron chi connectivity index (χ4n) is 4.24. The van der Waals surface area contributed by atoms with Gasteiger partial charge in [0, 0.05) is 30.4 Å². The van der Waals surface area contributed by atoms with Crippen molar-refractivity contribution >= 4 is 46.1 Å². The lowest BCUT2D eigenvalue weighted by molar-refractivity contribution is -0.137. The van der Waals surface area contributed by atoms with Crippen molar-refractivity contribution in [3.63, 3.8) is 0 Å². The minimum atomic E-state index is -0.896. The molecule has 9 heteroatoms. The predicted molar refractivity (Wildman–Crippen MR) is 146 cm³/mol. The number of carboxylic acids is 1. The smallest absolute Gasteiger partial charge is 0.303 e. The van der Waals surface area contributed by atoms with E-state index in [9.17, 15) is 18.8 Å². The summed E-state index contributed by atoms with van der Waals surface area (Å²) >= 11 is 0. The second kappa shape index (κ2) is 11.3. The summed E-state index contributed by atoms with van der Waals surface area (Å²) in [6.07, 6.45) is 0.314. The Morgan fingerprint density at radius 3 is 2.42 bits per heavy atom. The normalized spacial score (nSPS) is 13.7. The Kier molecular flexibility index (Phi) is 7.87. The maximum Gasteiger partial charge on any atom is 0.303 e. The molecule has 1 heterocycles. The van der Waals surface area contributed by atoms with Crippen molar-refractivity contribution in [3.05, 3.63) is 89.2 Å². The standard InChI is InChI=1S/C29H29FN4O4/c1-33(2)17-25(35)34(3)22-11-9-21(10-12-22)31-28(19-6-4-5-18(15-19)7-14-26(36)37)27-23-13-8-20(30)16-24(23)32-29(27)38/h4-6,8-13,15-16,31H,7,14,17H2,1-3H3,(H,32,38)(H,36,37)/b28-27-. The molecule has 0 fully saturated rings. The number of hydrogen-bond acceptors (Lipinski definition) is 5. The molecule has 1 aliphatic rings. The quantitative estimate of drug-likeness (QED) is 0.367. The Hall–Kier alpha value is -4.50. The number of aryl methyl sites for hydroxylation is 1. The first kappa shape index (κ1) is 26.6. The van der Waals surface area contributed by atoms with E-state index in [1.165, 1.54) is 12.1 Å². The molecule has 0 aliphatic carbocycles. The third-order valence-corrected chi connectivity index (χ3v) is 6.17. The van der Waals surface area contributed by atoms with E-state index in [-0.39, 0.29) is 24.8 Å². The molecule has 0 spiro atoms. The average molecular weight is 517 g/mol. The minimum absolute atomic E-state index is 0.0209. The van der Waals surface area contributed by atoms with Crippen LogP contribution in [-0.2, 0) is 20.8 Å². The Bertz CT molecular complexity index is 1420.